The first kappa shape index (κ1) is 14.4. The minimum absolute atomic E-state index is 0.0164. The third-order valence-electron chi connectivity index (χ3n) is 2.12. The molecule has 4 N–H and O–H groups in total. The molecule has 0 aliphatic heterocycles. The summed E-state index contributed by atoms with van der Waals surface area (Å²) in [6.45, 7) is 2.32. The molecule has 18 heavy (non-hydrogen) atoms. The first-order chi connectivity index (χ1) is 8.47. The van der Waals surface area contributed by atoms with Crippen LogP contribution < -0.4 is 15.8 Å². The highest BCUT2D eigenvalue weighted by Crippen LogP contribution is 2.14. The van der Waals surface area contributed by atoms with Crippen molar-refractivity contribution in [3.63, 3.8) is 0 Å². The van der Waals surface area contributed by atoms with Crippen molar-refractivity contribution in [3.8, 4) is 0 Å². The normalized spacial score (nSPS) is 11.2. The van der Waals surface area contributed by atoms with E-state index in [9.17, 15) is 13.2 Å². The van der Waals surface area contributed by atoms with Crippen LogP contribution in [0, 0.1) is 0 Å². The predicted molar refractivity (Wildman–Crippen MR) is 67.1 cm³/mol. The molecule has 1 amide bonds. The lowest BCUT2D eigenvalue weighted by atomic mass is 10.4. The fourth-order valence-corrected chi connectivity index (χ4v) is 2.38. The zero-order valence-corrected chi connectivity index (χ0v) is 10.8. The molecule has 0 aromatic carbocycles. The molecule has 0 fully saturated rings. The second kappa shape index (κ2) is 6.31. The lowest BCUT2D eigenvalue weighted by Gasteiger charge is -2.08. The summed E-state index contributed by atoms with van der Waals surface area (Å²) in [4.78, 5) is 14.8. The second-order valence-corrected chi connectivity index (χ2v) is 5.25. The average Bonchev–Trinajstić information content (AvgIpc) is 2.29. The minimum atomic E-state index is -3.72. The number of amides is 1. The summed E-state index contributed by atoms with van der Waals surface area (Å²) in [5.74, 6) is -0.209. The number of rotatable bonds is 6. The maximum atomic E-state index is 11.8. The van der Waals surface area contributed by atoms with Gasteiger partial charge in [-0.3, -0.25) is 9.78 Å². The highest BCUT2D eigenvalue weighted by atomic mass is 32.2. The average molecular weight is 272 g/mol. The number of nitrogens with zero attached hydrogens (tertiary/aromatic N) is 1. The number of nitrogens with two attached hydrogens (primary N) is 1. The molecule has 0 atom stereocenters. The van der Waals surface area contributed by atoms with E-state index in [1.165, 1.54) is 18.5 Å². The van der Waals surface area contributed by atoms with E-state index in [-0.39, 0.29) is 29.5 Å². The van der Waals surface area contributed by atoms with Crippen molar-refractivity contribution in [2.45, 2.75) is 18.2 Å². The highest BCUT2D eigenvalue weighted by molar-refractivity contribution is 7.89. The number of hydrogen-bond donors (Lipinski definition) is 3. The molecular formula is C10H16N4O3S. The Morgan fingerprint density at radius 1 is 1.50 bits per heavy atom. The molecule has 1 heterocycles. The van der Waals surface area contributed by atoms with E-state index in [0.717, 1.165) is 0 Å². The van der Waals surface area contributed by atoms with E-state index in [0.29, 0.717) is 6.54 Å². The van der Waals surface area contributed by atoms with E-state index >= 15 is 0 Å². The number of carbonyl (C=O) groups excluding carboxylic acids is 1. The minimum Gasteiger partial charge on any atom is -0.398 e. The fourth-order valence-electron chi connectivity index (χ4n) is 1.28. The summed E-state index contributed by atoms with van der Waals surface area (Å²) in [6, 6.07) is 1.40. The van der Waals surface area contributed by atoms with Gasteiger partial charge in [0.15, 0.2) is 0 Å². The Kier molecular flexibility index (Phi) is 5.05. The fraction of sp³-hybridized carbons (Fsp3) is 0.400. The summed E-state index contributed by atoms with van der Waals surface area (Å²) < 4.78 is 26.0. The predicted octanol–water partition coefficient (Wildman–Crippen LogP) is -0.532. The number of anilines is 1. The smallest absolute Gasteiger partial charge is 0.244 e. The van der Waals surface area contributed by atoms with E-state index in [2.05, 4.69) is 15.0 Å². The van der Waals surface area contributed by atoms with Crippen LogP contribution in [0.4, 0.5) is 5.69 Å². The maximum absolute atomic E-state index is 11.8. The Morgan fingerprint density at radius 3 is 2.83 bits per heavy atom. The van der Waals surface area contributed by atoms with E-state index < -0.39 is 10.0 Å². The molecule has 1 aromatic rings. The van der Waals surface area contributed by atoms with Crippen LogP contribution in [0.25, 0.3) is 0 Å². The number of pyridine rings is 1. The molecule has 1 rings (SSSR count). The monoisotopic (exact) mass is 272 g/mol. The first-order valence-corrected chi connectivity index (χ1v) is 6.91. The second-order valence-electron chi connectivity index (χ2n) is 3.51. The quantitative estimate of drug-likeness (QED) is 0.644. The molecule has 0 saturated carbocycles. The Balaban J connectivity index is 2.61. The number of sulfonamides is 1. The topological polar surface area (TPSA) is 114 Å². The summed E-state index contributed by atoms with van der Waals surface area (Å²) in [5.41, 5.74) is 5.67. The first-order valence-electron chi connectivity index (χ1n) is 5.43. The van der Waals surface area contributed by atoms with Crippen LogP contribution in [-0.4, -0.2) is 32.4 Å². The van der Waals surface area contributed by atoms with Crippen LogP contribution in [0.15, 0.2) is 23.4 Å². The maximum Gasteiger partial charge on any atom is 0.244 e. The Hall–Kier alpha value is -1.67. The number of aromatic nitrogens is 1. The van der Waals surface area contributed by atoms with Gasteiger partial charge in [0.2, 0.25) is 15.9 Å². The molecule has 7 nitrogen and oxygen atoms in total. The van der Waals surface area contributed by atoms with Crippen molar-refractivity contribution in [3.05, 3.63) is 18.5 Å². The summed E-state index contributed by atoms with van der Waals surface area (Å²) in [7, 11) is -3.72. The van der Waals surface area contributed by atoms with Gasteiger partial charge in [-0.1, -0.05) is 0 Å². The van der Waals surface area contributed by atoms with Crippen LogP contribution in [0.5, 0.6) is 0 Å². The molecule has 0 unspecified atom stereocenters. The molecule has 0 saturated heterocycles. The van der Waals surface area contributed by atoms with Gasteiger partial charge in [0.1, 0.15) is 4.90 Å². The summed E-state index contributed by atoms with van der Waals surface area (Å²) >= 11 is 0. The van der Waals surface area contributed by atoms with Crippen molar-refractivity contribution in [2.75, 3.05) is 18.8 Å². The Labute approximate surface area is 106 Å². The molecular weight excluding hydrogens is 256 g/mol. The molecule has 1 aromatic heterocycles. The molecule has 0 bridgehead atoms. The van der Waals surface area contributed by atoms with Crippen LogP contribution >= 0.6 is 0 Å². The van der Waals surface area contributed by atoms with E-state index in [4.69, 9.17) is 5.73 Å². The van der Waals surface area contributed by atoms with Crippen LogP contribution in [0.1, 0.15) is 13.3 Å². The van der Waals surface area contributed by atoms with Crippen molar-refractivity contribution in [1.29, 1.82) is 0 Å². The SMILES string of the molecule is CCNC(=O)CCNS(=O)(=O)c1cnccc1N. The van der Waals surface area contributed by atoms with Crippen LogP contribution in [-0.2, 0) is 14.8 Å². The number of nitrogens with one attached hydrogen (secondary N) is 2. The molecule has 8 heteroatoms. The number of hydrogen-bond acceptors (Lipinski definition) is 5. The van der Waals surface area contributed by atoms with E-state index in [1.807, 2.05) is 0 Å². The molecule has 0 radical (unpaired) electrons. The van der Waals surface area contributed by atoms with Gasteiger partial charge >= 0.3 is 0 Å². The van der Waals surface area contributed by atoms with Gasteiger partial charge in [-0.05, 0) is 13.0 Å². The van der Waals surface area contributed by atoms with Gasteiger partial charge in [0.25, 0.3) is 0 Å². The van der Waals surface area contributed by atoms with Crippen LogP contribution in [0.3, 0.4) is 0 Å². The standard InChI is InChI=1S/C10H16N4O3S/c1-2-13-10(15)4-6-14-18(16,17)9-7-12-5-3-8(9)11/h3,5,7,14H,2,4,6H2,1H3,(H2,11,12)(H,13,15). The van der Waals surface area contributed by atoms with Crippen molar-refractivity contribution in [2.24, 2.45) is 0 Å². The molecule has 0 spiro atoms. The summed E-state index contributed by atoms with van der Waals surface area (Å²) in [6.07, 6.45) is 2.65. The number of nitrogen functional groups attached to an aromatic ring is 1. The zero-order valence-electron chi connectivity index (χ0n) is 10.0. The van der Waals surface area contributed by atoms with Gasteiger partial charge in [-0.2, -0.15) is 0 Å². The van der Waals surface area contributed by atoms with Gasteiger partial charge in [0, 0.05) is 31.9 Å². The largest absolute Gasteiger partial charge is 0.398 e. The Bertz CT molecular complexity index is 516. The third kappa shape index (κ3) is 3.97. The van der Waals surface area contributed by atoms with Crippen molar-refractivity contribution >= 4 is 21.6 Å². The van der Waals surface area contributed by atoms with Crippen molar-refractivity contribution in [1.82, 2.24) is 15.0 Å². The van der Waals surface area contributed by atoms with Gasteiger partial charge < -0.3 is 11.1 Å². The van der Waals surface area contributed by atoms with E-state index in [1.54, 1.807) is 6.92 Å². The van der Waals surface area contributed by atoms with Gasteiger partial charge in [-0.15, -0.1) is 0 Å². The van der Waals surface area contributed by atoms with Crippen LogP contribution in [0.2, 0.25) is 0 Å². The highest BCUT2D eigenvalue weighted by Gasteiger charge is 2.17. The number of carbonyl (C=O) groups is 1. The molecule has 0 aliphatic carbocycles. The lowest BCUT2D eigenvalue weighted by Crippen LogP contribution is -2.31. The van der Waals surface area contributed by atoms with Gasteiger partial charge in [0.05, 0.1) is 5.69 Å². The summed E-state index contributed by atoms with van der Waals surface area (Å²) in [5, 5.41) is 2.57. The Morgan fingerprint density at radius 2 is 2.22 bits per heavy atom. The third-order valence-corrected chi connectivity index (χ3v) is 3.63. The van der Waals surface area contributed by atoms with Gasteiger partial charge in [-0.25, -0.2) is 13.1 Å². The van der Waals surface area contributed by atoms with Crippen molar-refractivity contribution < 1.29 is 13.2 Å². The molecule has 0 aliphatic rings. The molecule has 100 valence electrons. The lowest BCUT2D eigenvalue weighted by molar-refractivity contribution is -0.120. The zero-order chi connectivity index (χ0) is 13.6.